The van der Waals surface area contributed by atoms with Crippen LogP contribution in [0.4, 0.5) is 0 Å². The number of benzene rings is 1. The Bertz CT molecular complexity index is 489. The van der Waals surface area contributed by atoms with E-state index in [0.29, 0.717) is 19.6 Å². The number of nitriles is 1. The molecule has 0 saturated heterocycles. The Morgan fingerprint density at radius 1 is 1.50 bits per heavy atom. The van der Waals surface area contributed by atoms with Crippen LogP contribution in [0.5, 0.6) is 5.75 Å². The molecule has 2 rings (SSSR count). The van der Waals surface area contributed by atoms with E-state index >= 15 is 0 Å². The molecule has 1 fully saturated rings. The molecule has 0 unspecified atom stereocenters. The Hall–Kier alpha value is -1.05. The summed E-state index contributed by atoms with van der Waals surface area (Å²) in [5, 5.41) is 8.80. The van der Waals surface area contributed by atoms with E-state index in [9.17, 15) is 0 Å². The summed E-state index contributed by atoms with van der Waals surface area (Å²) in [4.78, 5) is 0. The molecule has 1 aromatic carbocycles. The third kappa shape index (κ3) is 2.85. The van der Waals surface area contributed by atoms with Crippen LogP contribution in [0.25, 0.3) is 0 Å². The first kappa shape index (κ1) is 13.4. The minimum atomic E-state index is 0.0974. The molecule has 96 valence electrons. The lowest BCUT2D eigenvalue weighted by Gasteiger charge is -2.17. The zero-order valence-corrected chi connectivity index (χ0v) is 12.1. The molecule has 4 heteroatoms. The third-order valence-corrected chi connectivity index (χ3v) is 3.93. The van der Waals surface area contributed by atoms with E-state index in [2.05, 4.69) is 22.0 Å². The van der Waals surface area contributed by atoms with Gasteiger partial charge in [0, 0.05) is 28.4 Å². The van der Waals surface area contributed by atoms with Gasteiger partial charge in [-0.15, -0.1) is 0 Å². The lowest BCUT2D eigenvalue weighted by atomic mass is 10.0. The second-order valence-electron chi connectivity index (χ2n) is 5.04. The van der Waals surface area contributed by atoms with Crippen LogP contribution in [0.2, 0.25) is 0 Å². The van der Waals surface area contributed by atoms with Crippen molar-refractivity contribution in [2.24, 2.45) is 11.1 Å². The van der Waals surface area contributed by atoms with Crippen molar-refractivity contribution < 1.29 is 4.74 Å². The monoisotopic (exact) mass is 308 g/mol. The van der Waals surface area contributed by atoms with E-state index in [1.54, 1.807) is 0 Å². The molecule has 0 aliphatic heterocycles. The Kier molecular flexibility index (Phi) is 3.94. The number of rotatable bonds is 5. The highest BCUT2D eigenvalue weighted by Crippen LogP contribution is 2.49. The highest BCUT2D eigenvalue weighted by molar-refractivity contribution is 9.10. The first-order valence-electron chi connectivity index (χ1n) is 6.09. The highest BCUT2D eigenvalue weighted by Gasteiger charge is 2.43. The maximum Gasteiger partial charge on any atom is 0.126 e. The SMILES string of the molecule is Cc1cc(Br)cc(CN)c1OCC1(CC#N)CC1. The average Bonchev–Trinajstić information content (AvgIpc) is 3.07. The van der Waals surface area contributed by atoms with Gasteiger partial charge in [0.15, 0.2) is 0 Å². The molecule has 0 aromatic heterocycles. The van der Waals surface area contributed by atoms with Crippen molar-refractivity contribution in [3.63, 3.8) is 0 Å². The molecule has 0 atom stereocenters. The number of halogens is 1. The van der Waals surface area contributed by atoms with Gasteiger partial charge in [-0.2, -0.15) is 5.26 Å². The summed E-state index contributed by atoms with van der Waals surface area (Å²) in [7, 11) is 0. The van der Waals surface area contributed by atoms with Gasteiger partial charge in [0.1, 0.15) is 5.75 Å². The summed E-state index contributed by atoms with van der Waals surface area (Å²) in [6.07, 6.45) is 2.77. The summed E-state index contributed by atoms with van der Waals surface area (Å²) >= 11 is 3.46. The molecule has 1 aromatic rings. The second-order valence-corrected chi connectivity index (χ2v) is 5.95. The number of hydrogen-bond donors (Lipinski definition) is 1. The predicted molar refractivity (Wildman–Crippen MR) is 74.2 cm³/mol. The zero-order chi connectivity index (χ0) is 13.2. The number of hydrogen-bond acceptors (Lipinski definition) is 3. The summed E-state index contributed by atoms with van der Waals surface area (Å²) < 4.78 is 6.96. The van der Waals surface area contributed by atoms with E-state index in [1.165, 1.54) is 0 Å². The third-order valence-electron chi connectivity index (χ3n) is 3.47. The molecule has 1 saturated carbocycles. The fourth-order valence-corrected chi connectivity index (χ4v) is 2.72. The number of aryl methyl sites for hydroxylation is 1. The molecule has 0 radical (unpaired) electrons. The lowest BCUT2D eigenvalue weighted by Crippen LogP contribution is -2.14. The first-order chi connectivity index (χ1) is 8.60. The second kappa shape index (κ2) is 5.29. The largest absolute Gasteiger partial charge is 0.492 e. The van der Waals surface area contributed by atoms with Crippen LogP contribution in [-0.2, 0) is 6.54 Å². The summed E-state index contributed by atoms with van der Waals surface area (Å²) in [6, 6.07) is 6.27. The van der Waals surface area contributed by atoms with Gasteiger partial charge in [-0.05, 0) is 37.5 Å². The smallest absolute Gasteiger partial charge is 0.126 e. The standard InChI is InChI=1S/C14H17BrN2O/c1-10-6-12(15)7-11(8-17)13(10)18-9-14(2-3-14)4-5-16/h6-7H,2-4,8-9,17H2,1H3. The molecule has 1 aliphatic rings. The first-order valence-corrected chi connectivity index (χ1v) is 6.88. The lowest BCUT2D eigenvalue weighted by molar-refractivity contribution is 0.233. The fourth-order valence-electron chi connectivity index (χ4n) is 2.10. The van der Waals surface area contributed by atoms with Crippen molar-refractivity contribution >= 4 is 15.9 Å². The number of ether oxygens (including phenoxy) is 1. The fraction of sp³-hybridized carbons (Fsp3) is 0.500. The van der Waals surface area contributed by atoms with Crippen molar-refractivity contribution in [2.75, 3.05) is 6.61 Å². The van der Waals surface area contributed by atoms with E-state index in [4.69, 9.17) is 15.7 Å². The minimum Gasteiger partial charge on any atom is -0.492 e. The van der Waals surface area contributed by atoms with Crippen LogP contribution in [0.15, 0.2) is 16.6 Å². The van der Waals surface area contributed by atoms with Crippen LogP contribution in [0.1, 0.15) is 30.4 Å². The van der Waals surface area contributed by atoms with Crippen LogP contribution >= 0.6 is 15.9 Å². The van der Waals surface area contributed by atoms with Gasteiger partial charge in [0.05, 0.1) is 12.7 Å². The molecule has 0 spiro atoms. The van der Waals surface area contributed by atoms with Crippen molar-refractivity contribution in [3.8, 4) is 11.8 Å². The van der Waals surface area contributed by atoms with Crippen LogP contribution < -0.4 is 10.5 Å². The zero-order valence-electron chi connectivity index (χ0n) is 10.5. The van der Waals surface area contributed by atoms with Gasteiger partial charge in [0.2, 0.25) is 0 Å². The van der Waals surface area contributed by atoms with E-state index in [0.717, 1.165) is 34.2 Å². The van der Waals surface area contributed by atoms with Crippen molar-refractivity contribution in [1.29, 1.82) is 5.26 Å². The highest BCUT2D eigenvalue weighted by atomic mass is 79.9. The Labute approximate surface area is 116 Å². The quantitative estimate of drug-likeness (QED) is 0.908. The average molecular weight is 309 g/mol. The topological polar surface area (TPSA) is 59.0 Å². The Morgan fingerprint density at radius 3 is 2.78 bits per heavy atom. The Morgan fingerprint density at radius 2 is 2.22 bits per heavy atom. The van der Waals surface area contributed by atoms with Crippen molar-refractivity contribution in [1.82, 2.24) is 0 Å². The summed E-state index contributed by atoms with van der Waals surface area (Å²) in [6.45, 7) is 3.10. The maximum atomic E-state index is 8.80. The maximum absolute atomic E-state index is 8.80. The Balaban J connectivity index is 2.12. The van der Waals surface area contributed by atoms with Gasteiger partial charge in [-0.1, -0.05) is 15.9 Å². The van der Waals surface area contributed by atoms with E-state index < -0.39 is 0 Å². The van der Waals surface area contributed by atoms with Gasteiger partial charge >= 0.3 is 0 Å². The van der Waals surface area contributed by atoms with Gasteiger partial charge in [-0.3, -0.25) is 0 Å². The van der Waals surface area contributed by atoms with Crippen LogP contribution in [0.3, 0.4) is 0 Å². The van der Waals surface area contributed by atoms with Crippen LogP contribution in [-0.4, -0.2) is 6.61 Å². The van der Waals surface area contributed by atoms with Crippen molar-refractivity contribution in [3.05, 3.63) is 27.7 Å². The van der Waals surface area contributed by atoms with Crippen LogP contribution in [0, 0.1) is 23.7 Å². The van der Waals surface area contributed by atoms with Gasteiger partial charge in [-0.25, -0.2) is 0 Å². The normalized spacial score (nSPS) is 16.1. The molecule has 0 amide bonds. The number of nitrogens with zero attached hydrogens (tertiary/aromatic N) is 1. The summed E-state index contributed by atoms with van der Waals surface area (Å²) in [5.41, 5.74) is 7.94. The van der Waals surface area contributed by atoms with Crippen molar-refractivity contribution in [2.45, 2.75) is 32.7 Å². The molecule has 3 nitrogen and oxygen atoms in total. The molecule has 0 heterocycles. The van der Waals surface area contributed by atoms with E-state index in [1.807, 2.05) is 19.1 Å². The number of nitrogens with two attached hydrogens (primary N) is 1. The van der Waals surface area contributed by atoms with Gasteiger partial charge < -0.3 is 10.5 Å². The van der Waals surface area contributed by atoms with Gasteiger partial charge in [0.25, 0.3) is 0 Å². The molecular formula is C14H17BrN2O. The molecule has 0 bridgehead atoms. The molecule has 2 N–H and O–H groups in total. The molecule has 18 heavy (non-hydrogen) atoms. The minimum absolute atomic E-state index is 0.0974. The predicted octanol–water partition coefficient (Wildman–Crippen LogP) is 3.29. The van der Waals surface area contributed by atoms with E-state index in [-0.39, 0.29) is 5.41 Å². The molecule has 1 aliphatic carbocycles. The summed E-state index contributed by atoms with van der Waals surface area (Å²) in [5.74, 6) is 0.880. The molecular weight excluding hydrogens is 292 g/mol.